The first kappa shape index (κ1) is 18.9. The molecule has 0 bridgehead atoms. The third-order valence-electron chi connectivity index (χ3n) is 5.09. The van der Waals surface area contributed by atoms with Crippen LogP contribution in [0.3, 0.4) is 0 Å². The van der Waals surface area contributed by atoms with Crippen LogP contribution in [-0.4, -0.2) is 58.1 Å². The quantitative estimate of drug-likeness (QED) is 0.666. The molecule has 4 rings (SSSR count). The summed E-state index contributed by atoms with van der Waals surface area (Å²) in [7, 11) is 1.70. The van der Waals surface area contributed by atoms with Gasteiger partial charge in [0, 0.05) is 39.4 Å². The molecule has 0 N–H and O–H groups in total. The molecule has 0 aliphatic carbocycles. The largest absolute Gasteiger partial charge is 0.484 e. The Morgan fingerprint density at radius 2 is 1.93 bits per heavy atom. The summed E-state index contributed by atoms with van der Waals surface area (Å²) in [6.45, 7) is 4.12. The number of hydrogen-bond acceptors (Lipinski definition) is 6. The van der Waals surface area contributed by atoms with Crippen molar-refractivity contribution in [2.45, 2.75) is 6.92 Å². The van der Waals surface area contributed by atoms with Crippen molar-refractivity contribution in [2.24, 2.45) is 7.05 Å². The highest BCUT2D eigenvalue weighted by molar-refractivity contribution is 5.78. The lowest BCUT2D eigenvalue weighted by Gasteiger charge is -2.35. The van der Waals surface area contributed by atoms with Gasteiger partial charge in [-0.3, -0.25) is 14.2 Å². The lowest BCUT2D eigenvalue weighted by atomic mass is 10.2. The van der Waals surface area contributed by atoms with Crippen LogP contribution in [0.5, 0.6) is 5.75 Å². The minimum atomic E-state index is -0.182. The molecule has 3 heterocycles. The van der Waals surface area contributed by atoms with Gasteiger partial charge in [-0.15, -0.1) is 0 Å². The van der Waals surface area contributed by atoms with Crippen molar-refractivity contribution in [1.82, 2.24) is 19.4 Å². The Morgan fingerprint density at radius 3 is 2.69 bits per heavy atom. The zero-order valence-corrected chi connectivity index (χ0v) is 16.5. The topological polar surface area (TPSA) is 80.6 Å². The van der Waals surface area contributed by atoms with Gasteiger partial charge >= 0.3 is 0 Å². The van der Waals surface area contributed by atoms with Gasteiger partial charge in [-0.05, 0) is 36.8 Å². The molecule has 0 radical (unpaired) electrons. The van der Waals surface area contributed by atoms with Gasteiger partial charge in [-0.1, -0.05) is 12.1 Å². The summed E-state index contributed by atoms with van der Waals surface area (Å²) in [6.07, 6.45) is 1.65. The van der Waals surface area contributed by atoms with Crippen molar-refractivity contribution >= 4 is 22.9 Å². The van der Waals surface area contributed by atoms with Crippen molar-refractivity contribution < 1.29 is 9.53 Å². The van der Waals surface area contributed by atoms with E-state index in [9.17, 15) is 9.59 Å². The lowest BCUT2D eigenvalue weighted by Crippen LogP contribution is -2.51. The summed E-state index contributed by atoms with van der Waals surface area (Å²) in [5.74, 6) is 1.03. The number of piperazine rings is 1. The molecular weight excluding hydrogens is 370 g/mol. The van der Waals surface area contributed by atoms with E-state index < -0.39 is 0 Å². The molecule has 1 fully saturated rings. The first-order chi connectivity index (χ1) is 14.0. The van der Waals surface area contributed by atoms with Crippen LogP contribution >= 0.6 is 0 Å². The maximum Gasteiger partial charge on any atom is 0.294 e. The number of rotatable bonds is 4. The van der Waals surface area contributed by atoms with Crippen LogP contribution in [0.15, 0.2) is 47.4 Å². The number of aryl methyl sites for hydroxylation is 2. The molecular formula is C21H23N5O3. The number of hydrogen-bond donors (Lipinski definition) is 0. The van der Waals surface area contributed by atoms with Crippen molar-refractivity contribution in [2.75, 3.05) is 37.7 Å². The minimum Gasteiger partial charge on any atom is -0.484 e. The number of anilines is 1. The van der Waals surface area contributed by atoms with Gasteiger partial charge in [0.15, 0.2) is 18.1 Å². The average molecular weight is 393 g/mol. The Morgan fingerprint density at radius 1 is 1.14 bits per heavy atom. The molecule has 3 aromatic rings. The molecule has 0 atom stereocenters. The number of benzene rings is 1. The highest BCUT2D eigenvalue weighted by atomic mass is 16.5. The van der Waals surface area contributed by atoms with E-state index in [1.165, 1.54) is 4.57 Å². The highest BCUT2D eigenvalue weighted by Crippen LogP contribution is 2.15. The van der Waals surface area contributed by atoms with Gasteiger partial charge in [0.1, 0.15) is 11.3 Å². The standard InChI is InChI=1S/C21H23N5O3/c1-15-5-3-6-16(13-15)29-14-18(27)25-9-11-26(12-10-25)20-21(28)24(2)19-17(23-20)7-4-8-22-19/h3-8,13H,9-12,14H2,1-2H3. The number of carbonyl (C=O) groups excluding carboxylic acids is 1. The summed E-state index contributed by atoms with van der Waals surface area (Å²) in [5.41, 5.74) is 2.14. The number of amides is 1. The average Bonchev–Trinajstić information content (AvgIpc) is 2.75. The first-order valence-corrected chi connectivity index (χ1v) is 9.57. The Kier molecular flexibility index (Phi) is 5.16. The molecule has 8 heteroatoms. The van der Waals surface area contributed by atoms with Crippen LogP contribution in [0.1, 0.15) is 5.56 Å². The number of pyridine rings is 1. The fraction of sp³-hybridized carbons (Fsp3) is 0.333. The fourth-order valence-electron chi connectivity index (χ4n) is 3.46. The second-order valence-electron chi connectivity index (χ2n) is 7.12. The Hall–Kier alpha value is -3.42. The first-order valence-electron chi connectivity index (χ1n) is 9.57. The third-order valence-corrected chi connectivity index (χ3v) is 5.09. The lowest BCUT2D eigenvalue weighted by molar-refractivity contribution is -0.133. The van der Waals surface area contributed by atoms with E-state index in [-0.39, 0.29) is 18.1 Å². The number of aromatic nitrogens is 3. The smallest absolute Gasteiger partial charge is 0.294 e. The van der Waals surface area contributed by atoms with Crippen LogP contribution in [0.2, 0.25) is 0 Å². The van der Waals surface area contributed by atoms with E-state index in [1.807, 2.05) is 42.2 Å². The van der Waals surface area contributed by atoms with E-state index in [2.05, 4.69) is 9.97 Å². The molecule has 0 spiro atoms. The van der Waals surface area contributed by atoms with Crippen molar-refractivity contribution in [1.29, 1.82) is 0 Å². The molecule has 1 aromatic carbocycles. The summed E-state index contributed by atoms with van der Waals surface area (Å²) >= 11 is 0. The molecule has 1 aliphatic rings. The van der Waals surface area contributed by atoms with Gasteiger partial charge in [0.25, 0.3) is 11.5 Å². The monoisotopic (exact) mass is 393 g/mol. The fourth-order valence-corrected chi connectivity index (χ4v) is 3.46. The molecule has 29 heavy (non-hydrogen) atoms. The SMILES string of the molecule is Cc1cccc(OCC(=O)N2CCN(c3nc4cccnc4n(C)c3=O)CC2)c1. The molecule has 0 unspecified atom stereocenters. The third kappa shape index (κ3) is 3.91. The van der Waals surface area contributed by atoms with Crippen LogP contribution in [0, 0.1) is 6.92 Å². The predicted octanol–water partition coefficient (Wildman–Crippen LogP) is 1.36. The van der Waals surface area contributed by atoms with E-state index in [0.29, 0.717) is 48.9 Å². The Labute approximate surface area is 168 Å². The second-order valence-corrected chi connectivity index (χ2v) is 7.12. The maximum atomic E-state index is 12.7. The summed E-state index contributed by atoms with van der Waals surface area (Å²) in [4.78, 5) is 37.6. The van der Waals surface area contributed by atoms with Gasteiger partial charge in [0.2, 0.25) is 0 Å². The predicted molar refractivity (Wildman–Crippen MR) is 110 cm³/mol. The summed E-state index contributed by atoms with van der Waals surface area (Å²) in [5, 5.41) is 0. The van der Waals surface area contributed by atoms with Gasteiger partial charge < -0.3 is 14.5 Å². The number of fused-ring (bicyclic) bond motifs is 1. The maximum absolute atomic E-state index is 12.7. The summed E-state index contributed by atoms with van der Waals surface area (Å²) in [6, 6.07) is 11.3. The number of ether oxygens (including phenoxy) is 1. The molecule has 0 saturated carbocycles. The number of nitrogens with zero attached hydrogens (tertiary/aromatic N) is 5. The van der Waals surface area contributed by atoms with Crippen LogP contribution in [0.25, 0.3) is 11.2 Å². The summed E-state index contributed by atoms with van der Waals surface area (Å²) < 4.78 is 7.14. The molecule has 1 aliphatic heterocycles. The van der Waals surface area contributed by atoms with Crippen LogP contribution < -0.4 is 15.2 Å². The second kappa shape index (κ2) is 7.90. The molecule has 150 valence electrons. The Balaban J connectivity index is 1.40. The molecule has 1 amide bonds. The molecule has 8 nitrogen and oxygen atoms in total. The van der Waals surface area contributed by atoms with E-state index in [1.54, 1.807) is 24.2 Å². The van der Waals surface area contributed by atoms with Gasteiger partial charge in [0.05, 0.1) is 0 Å². The molecule has 1 saturated heterocycles. The van der Waals surface area contributed by atoms with E-state index in [0.717, 1.165) is 5.56 Å². The zero-order valence-electron chi connectivity index (χ0n) is 16.5. The van der Waals surface area contributed by atoms with Crippen LogP contribution in [-0.2, 0) is 11.8 Å². The minimum absolute atomic E-state index is 0.00507. The van der Waals surface area contributed by atoms with Gasteiger partial charge in [-0.2, -0.15) is 0 Å². The van der Waals surface area contributed by atoms with Crippen molar-refractivity contribution in [3.05, 3.63) is 58.5 Å². The number of carbonyl (C=O) groups is 1. The van der Waals surface area contributed by atoms with Crippen molar-refractivity contribution in [3.63, 3.8) is 0 Å². The van der Waals surface area contributed by atoms with E-state index >= 15 is 0 Å². The normalized spacial score (nSPS) is 14.3. The highest BCUT2D eigenvalue weighted by Gasteiger charge is 2.24. The van der Waals surface area contributed by atoms with E-state index in [4.69, 9.17) is 4.74 Å². The van der Waals surface area contributed by atoms with Crippen molar-refractivity contribution in [3.8, 4) is 5.75 Å². The van der Waals surface area contributed by atoms with Gasteiger partial charge in [-0.25, -0.2) is 9.97 Å². The van der Waals surface area contributed by atoms with Crippen LogP contribution in [0.4, 0.5) is 5.82 Å². The Bertz CT molecular complexity index is 1100. The molecule has 2 aromatic heterocycles. The zero-order chi connectivity index (χ0) is 20.4.